The molecule has 1 atom stereocenters. The van der Waals surface area contributed by atoms with Crippen LogP contribution in [-0.2, 0) is 11.2 Å². The Morgan fingerprint density at radius 2 is 2.22 bits per heavy atom. The fourth-order valence-corrected chi connectivity index (χ4v) is 2.28. The lowest BCUT2D eigenvalue weighted by Gasteiger charge is -2.14. The van der Waals surface area contributed by atoms with Crippen molar-refractivity contribution in [2.45, 2.75) is 19.8 Å². The zero-order valence-electron chi connectivity index (χ0n) is 11.3. The Hall–Kier alpha value is -1.65. The first-order valence-electron chi connectivity index (χ1n) is 6.31. The van der Waals surface area contributed by atoms with Gasteiger partial charge in [0.1, 0.15) is 0 Å². The van der Waals surface area contributed by atoms with E-state index in [2.05, 4.69) is 10.2 Å². The number of likely N-dealkylation sites (tertiary alicyclic amines) is 1. The van der Waals surface area contributed by atoms with Crippen LogP contribution in [0.4, 0.5) is 5.82 Å². The number of carbonyl (C=O) groups excluding carboxylic acids is 1. The van der Waals surface area contributed by atoms with Gasteiger partial charge in [-0.1, -0.05) is 0 Å². The van der Waals surface area contributed by atoms with Crippen molar-refractivity contribution in [2.75, 3.05) is 32.1 Å². The van der Waals surface area contributed by atoms with E-state index in [-0.39, 0.29) is 5.91 Å². The van der Waals surface area contributed by atoms with Crippen LogP contribution in [0.1, 0.15) is 19.0 Å². The van der Waals surface area contributed by atoms with Gasteiger partial charge in [0.05, 0.1) is 5.69 Å². The first-order chi connectivity index (χ1) is 8.56. The number of aromatic nitrogens is 2. The first kappa shape index (κ1) is 12.8. The smallest absolute Gasteiger partial charge is 0.219 e. The quantitative estimate of drug-likeness (QED) is 0.799. The molecule has 1 aliphatic rings. The molecule has 0 bridgehead atoms. The zero-order chi connectivity index (χ0) is 13.1. The van der Waals surface area contributed by atoms with Crippen LogP contribution in [-0.4, -0.2) is 48.2 Å². The van der Waals surface area contributed by atoms with Crippen LogP contribution in [0.3, 0.4) is 0 Å². The number of hydrogen-bond acceptors (Lipinski definition) is 4. The molecule has 0 N–H and O–H groups in total. The van der Waals surface area contributed by atoms with Crippen molar-refractivity contribution in [1.29, 1.82) is 0 Å². The maximum Gasteiger partial charge on any atom is 0.219 e. The minimum atomic E-state index is 0.173. The maximum atomic E-state index is 11.3. The highest BCUT2D eigenvalue weighted by molar-refractivity contribution is 5.73. The molecule has 0 radical (unpaired) electrons. The summed E-state index contributed by atoms with van der Waals surface area (Å²) < 4.78 is 0. The highest BCUT2D eigenvalue weighted by Gasteiger charge is 2.24. The molecule has 0 spiro atoms. The molecule has 2 rings (SSSR count). The van der Waals surface area contributed by atoms with Gasteiger partial charge >= 0.3 is 0 Å². The summed E-state index contributed by atoms with van der Waals surface area (Å²) in [5, 5.41) is 8.41. The van der Waals surface area contributed by atoms with Crippen molar-refractivity contribution in [1.82, 2.24) is 15.1 Å². The summed E-state index contributed by atoms with van der Waals surface area (Å²) >= 11 is 0. The Labute approximate surface area is 108 Å². The summed E-state index contributed by atoms with van der Waals surface area (Å²) in [5.74, 6) is 1.57. The van der Waals surface area contributed by atoms with Crippen molar-refractivity contribution in [2.24, 2.45) is 5.92 Å². The second kappa shape index (κ2) is 5.33. The van der Waals surface area contributed by atoms with Crippen LogP contribution < -0.4 is 4.90 Å². The lowest BCUT2D eigenvalue weighted by molar-refractivity contribution is -0.127. The number of hydrogen-bond donors (Lipinski definition) is 0. The van der Waals surface area contributed by atoms with Gasteiger partial charge < -0.3 is 9.80 Å². The third-order valence-corrected chi connectivity index (χ3v) is 3.39. The van der Waals surface area contributed by atoms with Gasteiger partial charge in [-0.05, 0) is 30.9 Å². The fourth-order valence-electron chi connectivity index (χ4n) is 2.28. The van der Waals surface area contributed by atoms with E-state index in [9.17, 15) is 4.79 Å². The summed E-state index contributed by atoms with van der Waals surface area (Å²) in [6.45, 7) is 3.36. The highest BCUT2D eigenvalue weighted by Crippen LogP contribution is 2.20. The van der Waals surface area contributed by atoms with Crippen LogP contribution in [0.15, 0.2) is 12.1 Å². The van der Waals surface area contributed by atoms with Gasteiger partial charge in [0.2, 0.25) is 5.91 Å². The summed E-state index contributed by atoms with van der Waals surface area (Å²) in [6.07, 6.45) is 1.97. The topological polar surface area (TPSA) is 49.3 Å². The molecule has 5 heteroatoms. The van der Waals surface area contributed by atoms with Gasteiger partial charge in [-0.3, -0.25) is 4.79 Å². The second-order valence-corrected chi connectivity index (χ2v) is 5.10. The predicted molar refractivity (Wildman–Crippen MR) is 70.4 cm³/mol. The lowest BCUT2D eigenvalue weighted by atomic mass is 10.0. The Balaban J connectivity index is 1.92. The van der Waals surface area contributed by atoms with Gasteiger partial charge in [-0.25, -0.2) is 0 Å². The molecule has 0 aromatic carbocycles. The molecule has 1 fully saturated rings. The molecule has 18 heavy (non-hydrogen) atoms. The molecule has 1 aromatic heterocycles. The van der Waals surface area contributed by atoms with Crippen molar-refractivity contribution < 1.29 is 4.79 Å². The predicted octanol–water partition coefficient (Wildman–Crippen LogP) is 0.954. The van der Waals surface area contributed by atoms with E-state index < -0.39 is 0 Å². The summed E-state index contributed by atoms with van der Waals surface area (Å²) in [6, 6.07) is 4.01. The average molecular weight is 248 g/mol. The molecule has 1 amide bonds. The molecular weight excluding hydrogens is 228 g/mol. The first-order valence-corrected chi connectivity index (χ1v) is 6.31. The van der Waals surface area contributed by atoms with E-state index in [1.54, 1.807) is 6.92 Å². The van der Waals surface area contributed by atoms with Gasteiger partial charge in [0.15, 0.2) is 5.82 Å². The lowest BCUT2D eigenvalue weighted by Crippen LogP contribution is -2.26. The Kier molecular flexibility index (Phi) is 3.79. The minimum Gasteiger partial charge on any atom is -0.361 e. The molecule has 2 heterocycles. The Bertz CT molecular complexity index is 416. The standard InChI is InChI=1S/C13H20N4O/c1-10(18)17-7-6-11(9-17)8-12-4-5-13(15-14-12)16(2)3/h4-5,11H,6-9H2,1-3H3. The largest absolute Gasteiger partial charge is 0.361 e. The number of nitrogens with zero attached hydrogens (tertiary/aromatic N) is 4. The maximum absolute atomic E-state index is 11.3. The monoisotopic (exact) mass is 248 g/mol. The number of carbonyl (C=O) groups is 1. The molecule has 1 saturated heterocycles. The van der Waals surface area contributed by atoms with E-state index in [1.165, 1.54) is 0 Å². The van der Waals surface area contributed by atoms with Gasteiger partial charge in [-0.2, -0.15) is 5.10 Å². The SMILES string of the molecule is CC(=O)N1CCC(Cc2ccc(N(C)C)nn2)C1. The van der Waals surface area contributed by atoms with Gasteiger partial charge in [0.25, 0.3) is 0 Å². The summed E-state index contributed by atoms with van der Waals surface area (Å²) in [7, 11) is 3.90. The second-order valence-electron chi connectivity index (χ2n) is 5.10. The average Bonchev–Trinajstić information content (AvgIpc) is 2.78. The fraction of sp³-hybridized carbons (Fsp3) is 0.615. The van der Waals surface area contributed by atoms with Crippen molar-refractivity contribution in [3.05, 3.63) is 17.8 Å². The van der Waals surface area contributed by atoms with Crippen LogP contribution in [0.5, 0.6) is 0 Å². The number of rotatable bonds is 3. The van der Waals surface area contributed by atoms with Crippen LogP contribution in [0.25, 0.3) is 0 Å². The van der Waals surface area contributed by atoms with E-state index >= 15 is 0 Å². The molecular formula is C13H20N4O. The summed E-state index contributed by atoms with van der Waals surface area (Å²) in [4.78, 5) is 15.1. The molecule has 0 aliphatic carbocycles. The van der Waals surface area contributed by atoms with E-state index in [1.807, 2.05) is 36.0 Å². The molecule has 98 valence electrons. The van der Waals surface area contributed by atoms with Crippen LogP contribution in [0.2, 0.25) is 0 Å². The van der Waals surface area contributed by atoms with Gasteiger partial charge in [-0.15, -0.1) is 5.10 Å². The normalized spacial score (nSPS) is 19.1. The molecule has 1 aliphatic heterocycles. The number of amides is 1. The third kappa shape index (κ3) is 2.97. The molecule has 0 saturated carbocycles. The Morgan fingerprint density at radius 3 is 2.72 bits per heavy atom. The minimum absolute atomic E-state index is 0.173. The van der Waals surface area contributed by atoms with Crippen LogP contribution >= 0.6 is 0 Å². The van der Waals surface area contributed by atoms with Crippen molar-refractivity contribution in [3.63, 3.8) is 0 Å². The third-order valence-electron chi connectivity index (χ3n) is 3.39. The van der Waals surface area contributed by atoms with Gasteiger partial charge in [0, 0.05) is 34.1 Å². The molecule has 5 nitrogen and oxygen atoms in total. The molecule has 1 unspecified atom stereocenters. The van der Waals surface area contributed by atoms with E-state index in [0.717, 1.165) is 37.4 Å². The summed E-state index contributed by atoms with van der Waals surface area (Å²) in [5.41, 5.74) is 1.01. The Morgan fingerprint density at radius 1 is 1.44 bits per heavy atom. The van der Waals surface area contributed by atoms with E-state index in [4.69, 9.17) is 0 Å². The number of anilines is 1. The van der Waals surface area contributed by atoms with Crippen LogP contribution in [0, 0.1) is 5.92 Å². The molecule has 1 aromatic rings. The highest BCUT2D eigenvalue weighted by atomic mass is 16.2. The van der Waals surface area contributed by atoms with E-state index in [0.29, 0.717) is 5.92 Å². The zero-order valence-corrected chi connectivity index (χ0v) is 11.3. The van der Waals surface area contributed by atoms with Crippen molar-refractivity contribution >= 4 is 11.7 Å². The van der Waals surface area contributed by atoms with Crippen molar-refractivity contribution in [3.8, 4) is 0 Å².